The molecule has 0 saturated carbocycles. The molecule has 39 heavy (non-hydrogen) atoms. The van der Waals surface area contributed by atoms with E-state index in [1.165, 1.54) is 41.7 Å². The molecular weight excluding hydrogens is 503 g/mol. The fourth-order valence-corrected chi connectivity index (χ4v) is 5.60. The molecule has 202 valence electrons. The van der Waals surface area contributed by atoms with E-state index in [0.717, 1.165) is 31.2 Å². The summed E-state index contributed by atoms with van der Waals surface area (Å²) in [5.41, 5.74) is 5.32. The quantitative estimate of drug-likeness (QED) is 0.312. The number of nitrogens with one attached hydrogen (secondary N) is 1. The predicted octanol–water partition coefficient (Wildman–Crippen LogP) is 5.89. The van der Waals surface area contributed by atoms with Crippen molar-refractivity contribution in [1.29, 1.82) is 0 Å². The van der Waals surface area contributed by atoms with Gasteiger partial charge < -0.3 is 10.2 Å². The predicted molar refractivity (Wildman–Crippen MR) is 143 cm³/mol. The SMILES string of the molecule is FC(F)(F)c1nc(Nc2ccc3c(c2)CCC(N2CCCC2)CC3)n(Cc2ccc(-c3ccccc3)nn2)n1. The summed E-state index contributed by atoms with van der Waals surface area (Å²) in [4.78, 5) is 6.41. The third-order valence-electron chi connectivity index (χ3n) is 7.64. The second-order valence-corrected chi connectivity index (χ2v) is 10.3. The zero-order valence-electron chi connectivity index (χ0n) is 21.5. The molecule has 2 aromatic carbocycles. The fraction of sp³-hybridized carbons (Fsp3) is 0.379. The number of hydrogen-bond donors (Lipinski definition) is 1. The van der Waals surface area contributed by atoms with E-state index in [9.17, 15) is 13.2 Å². The molecule has 4 aromatic rings. The van der Waals surface area contributed by atoms with E-state index in [4.69, 9.17) is 0 Å². The molecule has 0 amide bonds. The second kappa shape index (κ2) is 10.8. The van der Waals surface area contributed by atoms with Gasteiger partial charge in [-0.15, -0.1) is 5.10 Å². The summed E-state index contributed by atoms with van der Waals surface area (Å²) in [6.45, 7) is 2.37. The van der Waals surface area contributed by atoms with E-state index in [2.05, 4.69) is 36.6 Å². The summed E-state index contributed by atoms with van der Waals surface area (Å²) < 4.78 is 41.8. The molecule has 1 atom stereocenters. The van der Waals surface area contributed by atoms with Crippen LogP contribution in [0.4, 0.5) is 24.8 Å². The highest BCUT2D eigenvalue weighted by molar-refractivity contribution is 5.58. The van der Waals surface area contributed by atoms with E-state index in [-0.39, 0.29) is 12.5 Å². The number of halogens is 3. The van der Waals surface area contributed by atoms with Gasteiger partial charge >= 0.3 is 6.18 Å². The van der Waals surface area contributed by atoms with Gasteiger partial charge in [-0.05, 0) is 87.0 Å². The van der Waals surface area contributed by atoms with Gasteiger partial charge in [-0.25, -0.2) is 4.68 Å². The van der Waals surface area contributed by atoms with Crippen LogP contribution in [0.2, 0.25) is 0 Å². The van der Waals surface area contributed by atoms with Crippen LogP contribution in [0, 0.1) is 0 Å². The largest absolute Gasteiger partial charge is 0.453 e. The number of alkyl halides is 3. The van der Waals surface area contributed by atoms with Crippen LogP contribution < -0.4 is 5.32 Å². The maximum atomic E-state index is 13.5. The van der Waals surface area contributed by atoms with Crippen molar-refractivity contribution in [2.45, 2.75) is 57.3 Å². The van der Waals surface area contributed by atoms with E-state index in [1.54, 1.807) is 12.1 Å². The molecule has 2 aromatic heterocycles. The summed E-state index contributed by atoms with van der Waals surface area (Å²) in [5.74, 6) is -1.18. The average Bonchev–Trinajstić information content (AvgIpc) is 3.56. The van der Waals surface area contributed by atoms with Crippen LogP contribution in [-0.4, -0.2) is 49.0 Å². The van der Waals surface area contributed by atoms with Gasteiger partial charge in [0.1, 0.15) is 0 Å². The second-order valence-electron chi connectivity index (χ2n) is 10.3. The third-order valence-corrected chi connectivity index (χ3v) is 7.64. The van der Waals surface area contributed by atoms with Crippen LogP contribution in [0.3, 0.4) is 0 Å². The van der Waals surface area contributed by atoms with E-state index in [0.29, 0.717) is 23.1 Å². The van der Waals surface area contributed by atoms with Crippen LogP contribution in [0.1, 0.15) is 48.3 Å². The molecule has 0 bridgehead atoms. The third kappa shape index (κ3) is 5.80. The van der Waals surface area contributed by atoms with Crippen LogP contribution in [0.15, 0.2) is 60.7 Å². The van der Waals surface area contributed by atoms with Crippen molar-refractivity contribution in [3.8, 4) is 11.3 Å². The van der Waals surface area contributed by atoms with Gasteiger partial charge in [0.2, 0.25) is 5.95 Å². The van der Waals surface area contributed by atoms with E-state index < -0.39 is 12.0 Å². The van der Waals surface area contributed by atoms with Crippen molar-refractivity contribution in [2.24, 2.45) is 0 Å². The molecule has 1 N–H and O–H groups in total. The lowest BCUT2D eigenvalue weighted by atomic mass is 10.0. The zero-order valence-corrected chi connectivity index (χ0v) is 21.5. The van der Waals surface area contributed by atoms with Crippen molar-refractivity contribution in [1.82, 2.24) is 29.9 Å². The Morgan fingerprint density at radius 1 is 0.872 bits per heavy atom. The number of aromatic nitrogens is 5. The lowest BCUT2D eigenvalue weighted by Gasteiger charge is -2.25. The van der Waals surface area contributed by atoms with Gasteiger partial charge in [0.25, 0.3) is 5.82 Å². The lowest BCUT2D eigenvalue weighted by Crippen LogP contribution is -2.32. The van der Waals surface area contributed by atoms with Gasteiger partial charge in [0.15, 0.2) is 0 Å². The maximum Gasteiger partial charge on any atom is 0.453 e. The summed E-state index contributed by atoms with van der Waals surface area (Å²) in [6, 6.07) is 19.8. The Kier molecular flexibility index (Phi) is 7.03. The van der Waals surface area contributed by atoms with Crippen molar-refractivity contribution in [2.75, 3.05) is 18.4 Å². The van der Waals surface area contributed by atoms with E-state index in [1.807, 2.05) is 42.5 Å². The Morgan fingerprint density at radius 3 is 2.36 bits per heavy atom. The average molecular weight is 534 g/mol. The number of likely N-dealkylation sites (tertiary alicyclic amines) is 1. The molecule has 1 unspecified atom stereocenters. The molecule has 10 heteroatoms. The molecular formula is C29H30F3N7. The number of rotatable bonds is 6. The van der Waals surface area contributed by atoms with Crippen LogP contribution in [0.25, 0.3) is 11.3 Å². The minimum Gasteiger partial charge on any atom is -0.324 e. The van der Waals surface area contributed by atoms with Crippen molar-refractivity contribution >= 4 is 11.6 Å². The number of aryl methyl sites for hydroxylation is 2. The van der Waals surface area contributed by atoms with Gasteiger partial charge in [-0.3, -0.25) is 0 Å². The van der Waals surface area contributed by atoms with Crippen molar-refractivity contribution in [3.63, 3.8) is 0 Å². The molecule has 1 aliphatic carbocycles. The molecule has 3 heterocycles. The highest BCUT2D eigenvalue weighted by atomic mass is 19.4. The first-order valence-corrected chi connectivity index (χ1v) is 13.5. The Bertz CT molecular complexity index is 1410. The van der Waals surface area contributed by atoms with Gasteiger partial charge in [0.05, 0.1) is 17.9 Å². The Balaban J connectivity index is 1.21. The van der Waals surface area contributed by atoms with Crippen LogP contribution >= 0.6 is 0 Å². The number of nitrogens with zero attached hydrogens (tertiary/aromatic N) is 6. The number of benzene rings is 2. The van der Waals surface area contributed by atoms with Gasteiger partial charge in [-0.1, -0.05) is 36.4 Å². The molecule has 0 radical (unpaired) electrons. The minimum absolute atomic E-state index is 0.00403. The molecule has 1 aliphatic heterocycles. The Hall–Kier alpha value is -3.79. The summed E-state index contributed by atoms with van der Waals surface area (Å²) in [7, 11) is 0. The smallest absolute Gasteiger partial charge is 0.324 e. The zero-order chi connectivity index (χ0) is 26.8. The standard InChI is InChI=1S/C29H30F3N7/c30-29(31,32)27-34-28(39(37-27)19-24-12-15-26(36-35-24)21-6-2-1-3-7-21)33-23-11-8-20-9-13-25(14-10-22(20)18-23)38-16-4-5-17-38/h1-3,6-8,11-12,15,18,25H,4-5,9-10,13-14,16-17,19H2,(H,33,34,37). The highest BCUT2D eigenvalue weighted by Crippen LogP contribution is 2.31. The normalized spacial score (nSPS) is 18.1. The Morgan fingerprint density at radius 2 is 1.64 bits per heavy atom. The fourth-order valence-electron chi connectivity index (χ4n) is 5.60. The molecule has 6 rings (SSSR count). The highest BCUT2D eigenvalue weighted by Gasteiger charge is 2.37. The van der Waals surface area contributed by atoms with Gasteiger partial charge in [0, 0.05) is 17.3 Å². The molecule has 1 fully saturated rings. The number of fused-ring (bicyclic) bond motifs is 1. The molecule has 1 saturated heterocycles. The Labute approximate surface area is 225 Å². The number of hydrogen-bond acceptors (Lipinski definition) is 6. The summed E-state index contributed by atoms with van der Waals surface area (Å²) >= 11 is 0. The summed E-state index contributed by atoms with van der Waals surface area (Å²) in [6.07, 6.45) is 2.11. The first-order valence-electron chi connectivity index (χ1n) is 13.5. The van der Waals surface area contributed by atoms with Crippen molar-refractivity contribution < 1.29 is 13.2 Å². The monoisotopic (exact) mass is 533 g/mol. The topological polar surface area (TPSA) is 71.8 Å². The minimum atomic E-state index is -4.66. The number of anilines is 2. The van der Waals surface area contributed by atoms with Crippen molar-refractivity contribution in [3.05, 3.63) is 83.3 Å². The van der Waals surface area contributed by atoms with Crippen LogP contribution in [0.5, 0.6) is 0 Å². The molecule has 2 aliphatic rings. The lowest BCUT2D eigenvalue weighted by molar-refractivity contribution is -0.144. The molecule has 7 nitrogen and oxygen atoms in total. The maximum absolute atomic E-state index is 13.5. The molecule has 0 spiro atoms. The first-order chi connectivity index (χ1) is 18.9. The summed E-state index contributed by atoms with van der Waals surface area (Å²) in [5, 5.41) is 15.3. The van der Waals surface area contributed by atoms with E-state index >= 15 is 0 Å². The first kappa shape index (κ1) is 25.5. The van der Waals surface area contributed by atoms with Crippen LogP contribution in [-0.2, 0) is 25.6 Å². The van der Waals surface area contributed by atoms with Gasteiger partial charge in [-0.2, -0.15) is 28.4 Å².